The van der Waals surface area contributed by atoms with E-state index in [1.807, 2.05) is 0 Å². The third-order valence-corrected chi connectivity index (χ3v) is 4.59. The Morgan fingerprint density at radius 3 is 2.54 bits per heavy atom. The highest BCUT2D eigenvalue weighted by Crippen LogP contribution is 2.27. The summed E-state index contributed by atoms with van der Waals surface area (Å²) in [7, 11) is 0. The average molecular weight is 349 g/mol. The Labute approximate surface area is 140 Å². The zero-order valence-corrected chi connectivity index (χ0v) is 14.1. The molecule has 24 heavy (non-hydrogen) atoms. The highest BCUT2D eigenvalue weighted by molar-refractivity contribution is 5.82. The predicted molar refractivity (Wildman–Crippen MR) is 83.2 cm³/mol. The lowest BCUT2D eigenvalue weighted by atomic mass is 9.96. The smallest absolute Gasteiger partial charge is 0.341 e. The van der Waals surface area contributed by atoms with Crippen molar-refractivity contribution in [2.24, 2.45) is 11.8 Å². The van der Waals surface area contributed by atoms with Crippen LogP contribution in [0, 0.1) is 11.8 Å². The molecule has 1 atom stereocenters. The topological polar surface area (TPSA) is 52.7 Å². The van der Waals surface area contributed by atoms with Crippen LogP contribution in [0.1, 0.15) is 32.6 Å². The Kier molecular flexibility index (Phi) is 6.48. The van der Waals surface area contributed by atoms with Crippen molar-refractivity contribution >= 4 is 11.8 Å². The van der Waals surface area contributed by atoms with Crippen LogP contribution in [0.5, 0.6) is 0 Å². The van der Waals surface area contributed by atoms with Gasteiger partial charge in [-0.15, -0.1) is 0 Å². The first-order valence-electron chi connectivity index (χ1n) is 8.64. The van der Waals surface area contributed by atoms with Gasteiger partial charge in [0.05, 0.1) is 12.5 Å². The number of piperidine rings is 1. The van der Waals surface area contributed by atoms with Gasteiger partial charge in [-0.25, -0.2) is 0 Å². The first kappa shape index (κ1) is 19.0. The van der Waals surface area contributed by atoms with Crippen LogP contribution in [-0.2, 0) is 9.59 Å². The lowest BCUT2D eigenvalue weighted by Crippen LogP contribution is -2.50. The lowest BCUT2D eigenvalue weighted by Gasteiger charge is -2.35. The molecular formula is C16H26F3N3O2. The zero-order chi connectivity index (χ0) is 17.7. The molecule has 1 aliphatic heterocycles. The van der Waals surface area contributed by atoms with Gasteiger partial charge in [-0.3, -0.25) is 9.59 Å². The minimum absolute atomic E-state index is 0.0196. The van der Waals surface area contributed by atoms with E-state index in [1.165, 1.54) is 19.8 Å². The van der Waals surface area contributed by atoms with E-state index < -0.39 is 24.5 Å². The van der Waals surface area contributed by atoms with Gasteiger partial charge in [-0.2, -0.15) is 13.2 Å². The second kappa shape index (κ2) is 8.18. The van der Waals surface area contributed by atoms with E-state index >= 15 is 0 Å². The van der Waals surface area contributed by atoms with Crippen LogP contribution in [0.2, 0.25) is 0 Å². The SMILES string of the molecule is CCN(CC(F)(F)F)C(=O)C1CCCN(C(=O)CNCC2CC2)C1. The Hall–Kier alpha value is -1.31. The molecule has 2 rings (SSSR count). The lowest BCUT2D eigenvalue weighted by molar-refractivity contribution is -0.164. The van der Waals surface area contributed by atoms with Crippen LogP contribution in [0.3, 0.4) is 0 Å². The summed E-state index contributed by atoms with van der Waals surface area (Å²) in [5.74, 6) is -0.437. The van der Waals surface area contributed by atoms with Crippen molar-refractivity contribution in [3.8, 4) is 0 Å². The fraction of sp³-hybridized carbons (Fsp3) is 0.875. The summed E-state index contributed by atoms with van der Waals surface area (Å²) < 4.78 is 37.7. The number of carbonyl (C=O) groups excluding carboxylic acids is 2. The third-order valence-electron chi connectivity index (χ3n) is 4.59. The normalized spacial score (nSPS) is 21.7. The fourth-order valence-corrected chi connectivity index (χ4v) is 3.04. The number of halogens is 3. The molecule has 0 aromatic rings. The molecule has 0 aromatic heterocycles. The molecule has 1 saturated heterocycles. The Morgan fingerprint density at radius 1 is 1.25 bits per heavy atom. The molecular weight excluding hydrogens is 323 g/mol. The van der Waals surface area contributed by atoms with E-state index in [-0.39, 0.29) is 25.5 Å². The maximum atomic E-state index is 12.6. The summed E-state index contributed by atoms with van der Waals surface area (Å²) in [5.41, 5.74) is 0. The number of carbonyl (C=O) groups is 2. The van der Waals surface area contributed by atoms with E-state index in [0.29, 0.717) is 25.3 Å². The highest BCUT2D eigenvalue weighted by Gasteiger charge is 2.36. The number of amides is 2. The molecule has 2 fully saturated rings. The molecule has 1 heterocycles. The molecule has 138 valence electrons. The Morgan fingerprint density at radius 2 is 1.96 bits per heavy atom. The largest absolute Gasteiger partial charge is 0.406 e. The standard InChI is InChI=1S/C16H26F3N3O2/c1-2-21(11-16(17,18)19)15(24)13-4-3-7-22(10-13)14(23)9-20-8-12-5-6-12/h12-13,20H,2-11H2,1H3. The number of nitrogens with zero attached hydrogens (tertiary/aromatic N) is 2. The van der Waals surface area contributed by atoms with Gasteiger partial charge in [-0.1, -0.05) is 0 Å². The van der Waals surface area contributed by atoms with Crippen molar-refractivity contribution in [2.75, 3.05) is 39.3 Å². The van der Waals surface area contributed by atoms with E-state index in [0.717, 1.165) is 11.4 Å². The van der Waals surface area contributed by atoms with Crippen molar-refractivity contribution in [3.63, 3.8) is 0 Å². The summed E-state index contributed by atoms with van der Waals surface area (Å²) in [6, 6.07) is 0. The summed E-state index contributed by atoms with van der Waals surface area (Å²) in [4.78, 5) is 27.0. The molecule has 0 spiro atoms. The minimum Gasteiger partial charge on any atom is -0.341 e. The molecule has 0 aromatic carbocycles. The van der Waals surface area contributed by atoms with Crippen LogP contribution in [0.25, 0.3) is 0 Å². The molecule has 1 aliphatic carbocycles. The van der Waals surface area contributed by atoms with Crippen molar-refractivity contribution in [1.29, 1.82) is 0 Å². The fourth-order valence-electron chi connectivity index (χ4n) is 3.04. The summed E-state index contributed by atoms with van der Waals surface area (Å²) in [5, 5.41) is 3.12. The molecule has 1 N–H and O–H groups in total. The number of rotatable bonds is 7. The number of hydrogen-bond donors (Lipinski definition) is 1. The molecule has 2 aliphatic rings. The van der Waals surface area contributed by atoms with E-state index in [9.17, 15) is 22.8 Å². The number of likely N-dealkylation sites (tertiary alicyclic amines) is 1. The van der Waals surface area contributed by atoms with Crippen molar-refractivity contribution in [3.05, 3.63) is 0 Å². The molecule has 2 amide bonds. The zero-order valence-electron chi connectivity index (χ0n) is 14.1. The van der Waals surface area contributed by atoms with Gasteiger partial charge in [-0.05, 0) is 45.1 Å². The van der Waals surface area contributed by atoms with Gasteiger partial charge in [0.25, 0.3) is 0 Å². The summed E-state index contributed by atoms with van der Waals surface area (Å²) in [6.45, 7) is 2.18. The van der Waals surface area contributed by atoms with Gasteiger partial charge >= 0.3 is 6.18 Å². The van der Waals surface area contributed by atoms with Gasteiger partial charge in [0, 0.05) is 19.6 Å². The van der Waals surface area contributed by atoms with Gasteiger partial charge in [0.1, 0.15) is 6.54 Å². The van der Waals surface area contributed by atoms with Gasteiger partial charge < -0.3 is 15.1 Å². The number of hydrogen-bond acceptors (Lipinski definition) is 3. The minimum atomic E-state index is -4.40. The van der Waals surface area contributed by atoms with E-state index in [4.69, 9.17) is 0 Å². The quantitative estimate of drug-likeness (QED) is 0.760. The van der Waals surface area contributed by atoms with Crippen LogP contribution in [0.4, 0.5) is 13.2 Å². The third kappa shape index (κ3) is 5.96. The summed E-state index contributed by atoms with van der Waals surface area (Å²) >= 11 is 0. The molecule has 0 bridgehead atoms. The van der Waals surface area contributed by atoms with E-state index in [2.05, 4.69) is 5.32 Å². The second-order valence-corrected chi connectivity index (χ2v) is 6.72. The highest BCUT2D eigenvalue weighted by atomic mass is 19.4. The molecule has 1 saturated carbocycles. The van der Waals surface area contributed by atoms with Gasteiger partial charge in [0.2, 0.25) is 11.8 Å². The first-order chi connectivity index (χ1) is 11.3. The predicted octanol–water partition coefficient (Wildman–Crippen LogP) is 1.64. The monoisotopic (exact) mass is 349 g/mol. The van der Waals surface area contributed by atoms with Crippen molar-refractivity contribution in [1.82, 2.24) is 15.1 Å². The molecule has 5 nitrogen and oxygen atoms in total. The van der Waals surface area contributed by atoms with Crippen molar-refractivity contribution < 1.29 is 22.8 Å². The maximum Gasteiger partial charge on any atom is 0.406 e. The average Bonchev–Trinajstić information content (AvgIpc) is 3.35. The number of alkyl halides is 3. The van der Waals surface area contributed by atoms with Crippen LogP contribution in [-0.4, -0.2) is 67.1 Å². The van der Waals surface area contributed by atoms with Gasteiger partial charge in [0.15, 0.2) is 0 Å². The second-order valence-electron chi connectivity index (χ2n) is 6.72. The van der Waals surface area contributed by atoms with Crippen LogP contribution in [0.15, 0.2) is 0 Å². The molecule has 0 radical (unpaired) electrons. The number of nitrogens with one attached hydrogen (secondary N) is 1. The van der Waals surface area contributed by atoms with Crippen molar-refractivity contribution in [2.45, 2.75) is 38.8 Å². The Balaban J connectivity index is 1.83. The maximum absolute atomic E-state index is 12.6. The molecule has 8 heteroatoms. The van der Waals surface area contributed by atoms with Crippen LogP contribution < -0.4 is 5.32 Å². The van der Waals surface area contributed by atoms with E-state index in [1.54, 1.807) is 4.90 Å². The van der Waals surface area contributed by atoms with Crippen LogP contribution >= 0.6 is 0 Å². The Bertz CT molecular complexity index is 452. The molecule has 1 unspecified atom stereocenters. The first-order valence-corrected chi connectivity index (χ1v) is 8.64. The summed E-state index contributed by atoms with van der Waals surface area (Å²) in [6.07, 6.45) is -0.815.